The molecular weight excluding hydrogens is 148 g/mol. The van der Waals surface area contributed by atoms with Crippen molar-refractivity contribution >= 4 is 12.3 Å². The van der Waals surface area contributed by atoms with Crippen molar-refractivity contribution in [3.05, 3.63) is 11.8 Å². The lowest BCUT2D eigenvalue weighted by atomic mass is 10.4. The molecule has 0 aromatic heterocycles. The minimum Gasteiger partial charge on any atom is -0.445 e. The molecule has 1 fully saturated rings. The molecule has 0 unspecified atom stereocenters. The van der Waals surface area contributed by atoms with Crippen molar-refractivity contribution in [2.75, 3.05) is 0 Å². The van der Waals surface area contributed by atoms with Gasteiger partial charge in [0.05, 0.1) is 0 Å². The van der Waals surface area contributed by atoms with Crippen molar-refractivity contribution in [1.82, 2.24) is 0 Å². The maximum atomic E-state index is 10.8. The number of carbonyl (C=O) groups excluding carboxylic acids is 2. The summed E-state index contributed by atoms with van der Waals surface area (Å²) < 4.78 is 9.63. The van der Waals surface area contributed by atoms with Crippen LogP contribution < -0.4 is 0 Å². The molecule has 59 valence electrons. The van der Waals surface area contributed by atoms with Gasteiger partial charge >= 0.3 is 5.97 Å². The second-order valence-electron chi connectivity index (χ2n) is 2.52. The maximum Gasteiger partial charge on any atom is 0.377 e. The predicted molar refractivity (Wildman–Crippen MR) is 35.0 cm³/mol. The zero-order valence-corrected chi connectivity index (χ0v) is 6.21. The number of esters is 1. The van der Waals surface area contributed by atoms with Crippen LogP contribution in [0.1, 0.15) is 13.8 Å². The van der Waals surface area contributed by atoms with E-state index in [2.05, 4.69) is 0 Å². The molecule has 1 aliphatic heterocycles. The lowest BCUT2D eigenvalue weighted by Crippen LogP contribution is -2.19. The van der Waals surface area contributed by atoms with E-state index >= 15 is 0 Å². The topological polar surface area (TPSA) is 52.6 Å². The summed E-state index contributed by atoms with van der Waals surface area (Å²) in [7, 11) is 0. The third kappa shape index (κ3) is 1.58. The first kappa shape index (κ1) is 7.78. The lowest BCUT2D eigenvalue weighted by molar-refractivity contribution is -0.159. The Morgan fingerprint density at radius 2 is 2.09 bits per heavy atom. The fraction of sp³-hybridized carbons (Fsp3) is 0.429. The monoisotopic (exact) mass is 155 g/mol. The Morgan fingerprint density at radius 3 is 2.45 bits per heavy atom. The predicted octanol–water partition coefficient (Wildman–Crippen LogP) is 0.289. The van der Waals surface area contributed by atoms with Crippen LogP contribution in [0.15, 0.2) is 11.8 Å². The third-order valence-electron chi connectivity index (χ3n) is 1.09. The molecule has 0 aromatic rings. The summed E-state index contributed by atoms with van der Waals surface area (Å²) in [6.45, 7) is 3.16. The molecule has 1 aliphatic rings. The molecule has 4 heteroatoms. The van der Waals surface area contributed by atoms with Gasteiger partial charge in [0.2, 0.25) is 17.8 Å². The summed E-state index contributed by atoms with van der Waals surface area (Å²) >= 11 is 0. The molecule has 1 rings (SSSR count). The van der Waals surface area contributed by atoms with E-state index in [1.807, 2.05) is 0 Å². The molecular formula is C7H7O4. The van der Waals surface area contributed by atoms with Gasteiger partial charge in [0, 0.05) is 19.9 Å². The van der Waals surface area contributed by atoms with Crippen molar-refractivity contribution < 1.29 is 19.1 Å². The van der Waals surface area contributed by atoms with Crippen LogP contribution in [-0.4, -0.2) is 18.0 Å². The lowest BCUT2D eigenvalue weighted by Gasteiger charge is -2.13. The van der Waals surface area contributed by atoms with E-state index in [1.54, 1.807) is 13.8 Å². The Hall–Kier alpha value is -1.32. The molecule has 0 atom stereocenters. The molecule has 0 amide bonds. The molecule has 1 radical (unpaired) electrons. The number of carbonyl (C=O) groups is 1. The number of hydrogen-bond acceptors (Lipinski definition) is 4. The van der Waals surface area contributed by atoms with Crippen LogP contribution in [0.2, 0.25) is 0 Å². The highest BCUT2D eigenvalue weighted by atomic mass is 16.8. The second-order valence-corrected chi connectivity index (χ2v) is 2.52. The Labute approximate surface area is 63.8 Å². The van der Waals surface area contributed by atoms with Crippen LogP contribution >= 0.6 is 0 Å². The zero-order valence-electron chi connectivity index (χ0n) is 6.21. The molecule has 0 spiro atoms. The van der Waals surface area contributed by atoms with E-state index in [0.717, 1.165) is 6.08 Å². The van der Waals surface area contributed by atoms with E-state index in [1.165, 1.54) is 6.29 Å². The van der Waals surface area contributed by atoms with E-state index in [4.69, 9.17) is 9.47 Å². The van der Waals surface area contributed by atoms with Crippen molar-refractivity contribution in [1.29, 1.82) is 0 Å². The first-order chi connectivity index (χ1) is 5.05. The van der Waals surface area contributed by atoms with Crippen LogP contribution in [0, 0.1) is 0 Å². The smallest absolute Gasteiger partial charge is 0.377 e. The summed E-state index contributed by atoms with van der Waals surface area (Å²) in [5, 5.41) is 0. The van der Waals surface area contributed by atoms with Gasteiger partial charge in [-0.1, -0.05) is 0 Å². The van der Waals surface area contributed by atoms with Crippen LogP contribution in [0.4, 0.5) is 0 Å². The molecule has 0 aliphatic carbocycles. The summed E-state index contributed by atoms with van der Waals surface area (Å²) in [4.78, 5) is 20.6. The minimum atomic E-state index is -0.959. The van der Waals surface area contributed by atoms with Gasteiger partial charge in [-0.25, -0.2) is 4.79 Å². The van der Waals surface area contributed by atoms with Gasteiger partial charge < -0.3 is 9.47 Å². The second kappa shape index (κ2) is 2.38. The molecule has 1 saturated heterocycles. The summed E-state index contributed by atoms with van der Waals surface area (Å²) in [6, 6.07) is 0. The average molecular weight is 155 g/mol. The van der Waals surface area contributed by atoms with E-state index < -0.39 is 11.8 Å². The molecule has 0 saturated carbocycles. The number of cyclic esters (lactones) is 1. The number of allylic oxidation sites excluding steroid dienone is 1. The van der Waals surface area contributed by atoms with Gasteiger partial charge in [-0.3, -0.25) is 4.79 Å². The van der Waals surface area contributed by atoms with Crippen LogP contribution in [0.25, 0.3) is 0 Å². The number of hydrogen-bond donors (Lipinski definition) is 0. The molecule has 1 heterocycles. The summed E-state index contributed by atoms with van der Waals surface area (Å²) in [5.74, 6) is -1.68. The van der Waals surface area contributed by atoms with Gasteiger partial charge in [-0.2, -0.15) is 0 Å². The van der Waals surface area contributed by atoms with Gasteiger partial charge in [0.25, 0.3) is 0 Å². The highest BCUT2D eigenvalue weighted by Gasteiger charge is 2.37. The van der Waals surface area contributed by atoms with Gasteiger partial charge in [0.15, 0.2) is 0 Å². The zero-order chi connectivity index (χ0) is 8.48. The Bertz CT molecular complexity index is 227. The van der Waals surface area contributed by atoms with Crippen molar-refractivity contribution in [2.24, 2.45) is 0 Å². The van der Waals surface area contributed by atoms with Crippen LogP contribution in [-0.2, 0) is 19.1 Å². The number of rotatable bonds is 1. The minimum absolute atomic E-state index is 0.0926. The molecule has 11 heavy (non-hydrogen) atoms. The fourth-order valence-corrected chi connectivity index (χ4v) is 0.743. The largest absolute Gasteiger partial charge is 0.445 e. The first-order valence-electron chi connectivity index (χ1n) is 3.05. The normalized spacial score (nSPS) is 24.5. The van der Waals surface area contributed by atoms with Gasteiger partial charge in [-0.15, -0.1) is 0 Å². The average Bonchev–Trinajstić information content (AvgIpc) is 2.07. The van der Waals surface area contributed by atoms with E-state index in [0.29, 0.717) is 0 Å². The summed E-state index contributed by atoms with van der Waals surface area (Å²) in [6.07, 6.45) is 2.35. The van der Waals surface area contributed by atoms with Crippen molar-refractivity contribution in [3.63, 3.8) is 0 Å². The highest BCUT2D eigenvalue weighted by molar-refractivity contribution is 5.92. The first-order valence-corrected chi connectivity index (χ1v) is 3.05. The van der Waals surface area contributed by atoms with Crippen LogP contribution in [0.5, 0.6) is 0 Å². The maximum absolute atomic E-state index is 10.8. The molecule has 0 aromatic carbocycles. The number of ether oxygens (including phenoxy) is 2. The molecule has 0 N–H and O–H groups in total. The Kier molecular flexibility index (Phi) is 1.68. The van der Waals surface area contributed by atoms with Crippen molar-refractivity contribution in [2.45, 2.75) is 19.6 Å². The highest BCUT2D eigenvalue weighted by Crippen LogP contribution is 2.25. The van der Waals surface area contributed by atoms with Crippen molar-refractivity contribution in [3.8, 4) is 0 Å². The molecule has 0 bridgehead atoms. The Morgan fingerprint density at radius 1 is 1.45 bits per heavy atom. The molecule has 4 nitrogen and oxygen atoms in total. The fourth-order valence-electron chi connectivity index (χ4n) is 0.743. The van der Waals surface area contributed by atoms with E-state index in [9.17, 15) is 9.59 Å². The SMILES string of the molecule is CC1(C)OC(=O)C(=C[C]=O)O1. The van der Waals surface area contributed by atoms with Gasteiger partial charge in [-0.05, 0) is 0 Å². The summed E-state index contributed by atoms with van der Waals surface area (Å²) in [5.41, 5.74) is 0. The Balaban J connectivity index is 2.82. The van der Waals surface area contributed by atoms with Crippen LogP contribution in [0.3, 0.4) is 0 Å². The standard InChI is InChI=1S/C7H7O4/c1-7(2)10-5(3-4-8)6(9)11-7/h3H,1-2H3. The third-order valence-corrected chi connectivity index (χ3v) is 1.09. The van der Waals surface area contributed by atoms with E-state index in [-0.39, 0.29) is 5.76 Å². The quantitative estimate of drug-likeness (QED) is 0.403. The van der Waals surface area contributed by atoms with Gasteiger partial charge in [0.1, 0.15) is 0 Å².